The van der Waals surface area contributed by atoms with Crippen LogP contribution in [0.25, 0.3) is 5.65 Å². The Labute approximate surface area is 144 Å². The number of fused-ring (bicyclic) bond motifs is 1. The summed E-state index contributed by atoms with van der Waals surface area (Å²) in [4.78, 5) is 14.3. The molecule has 1 amide bonds. The van der Waals surface area contributed by atoms with Gasteiger partial charge in [-0.05, 0) is 37.1 Å². The molecule has 0 unspecified atom stereocenters. The summed E-state index contributed by atoms with van der Waals surface area (Å²) in [7, 11) is 0. The van der Waals surface area contributed by atoms with Gasteiger partial charge >= 0.3 is 0 Å². The van der Waals surface area contributed by atoms with Crippen LogP contribution < -0.4 is 10.2 Å². The fourth-order valence-corrected chi connectivity index (χ4v) is 3.01. The Morgan fingerprint density at radius 3 is 2.88 bits per heavy atom. The summed E-state index contributed by atoms with van der Waals surface area (Å²) >= 11 is 0. The predicted molar refractivity (Wildman–Crippen MR) is 91.1 cm³/mol. The minimum absolute atomic E-state index is 0.0520. The highest BCUT2D eigenvalue weighted by molar-refractivity contribution is 5.76. The molecule has 1 N–H and O–H groups in total. The molecule has 130 valence electrons. The van der Waals surface area contributed by atoms with E-state index < -0.39 is 0 Å². The Morgan fingerprint density at radius 1 is 1.20 bits per heavy atom. The first-order chi connectivity index (χ1) is 12.3. The number of anilines is 1. The van der Waals surface area contributed by atoms with Gasteiger partial charge in [0.05, 0.1) is 12.8 Å². The second-order valence-electron chi connectivity index (χ2n) is 6.13. The number of hydrogen-bond donors (Lipinski definition) is 1. The van der Waals surface area contributed by atoms with Gasteiger partial charge in [-0.3, -0.25) is 4.79 Å². The number of carbonyl (C=O) groups excluding carboxylic acids is 1. The van der Waals surface area contributed by atoms with E-state index in [0.29, 0.717) is 30.9 Å². The molecule has 1 aliphatic heterocycles. The van der Waals surface area contributed by atoms with E-state index in [0.717, 1.165) is 24.7 Å². The van der Waals surface area contributed by atoms with Crippen molar-refractivity contribution in [2.24, 2.45) is 0 Å². The smallest absolute Gasteiger partial charge is 0.220 e. The zero-order chi connectivity index (χ0) is 17.1. The Morgan fingerprint density at radius 2 is 2.08 bits per heavy atom. The van der Waals surface area contributed by atoms with Crippen LogP contribution in [-0.4, -0.2) is 38.8 Å². The van der Waals surface area contributed by atoms with Gasteiger partial charge < -0.3 is 14.6 Å². The van der Waals surface area contributed by atoms with E-state index in [4.69, 9.17) is 4.42 Å². The second-order valence-corrected chi connectivity index (χ2v) is 6.13. The Kier molecular flexibility index (Phi) is 4.32. The van der Waals surface area contributed by atoms with Crippen LogP contribution in [0.2, 0.25) is 0 Å². The summed E-state index contributed by atoms with van der Waals surface area (Å²) in [5, 5.41) is 15.8. The zero-order valence-electron chi connectivity index (χ0n) is 13.9. The van der Waals surface area contributed by atoms with E-state index in [-0.39, 0.29) is 5.91 Å². The molecule has 4 rings (SSSR count). The van der Waals surface area contributed by atoms with Gasteiger partial charge in [0.15, 0.2) is 11.5 Å². The Bertz CT molecular complexity index is 851. The average Bonchev–Trinajstić information content (AvgIpc) is 3.39. The minimum Gasteiger partial charge on any atom is -0.467 e. The van der Waals surface area contributed by atoms with E-state index in [1.807, 2.05) is 18.2 Å². The summed E-state index contributed by atoms with van der Waals surface area (Å²) in [5.41, 5.74) is 0.703. The van der Waals surface area contributed by atoms with Gasteiger partial charge in [0.2, 0.25) is 5.91 Å². The van der Waals surface area contributed by atoms with Crippen LogP contribution in [0, 0.1) is 0 Å². The molecule has 0 saturated carbocycles. The van der Waals surface area contributed by atoms with Crippen molar-refractivity contribution >= 4 is 17.4 Å². The van der Waals surface area contributed by atoms with E-state index >= 15 is 0 Å². The van der Waals surface area contributed by atoms with Gasteiger partial charge in [0.25, 0.3) is 0 Å². The lowest BCUT2D eigenvalue weighted by molar-refractivity contribution is -0.121. The van der Waals surface area contributed by atoms with Crippen molar-refractivity contribution < 1.29 is 9.21 Å². The highest BCUT2D eigenvalue weighted by Gasteiger charge is 2.16. The summed E-state index contributed by atoms with van der Waals surface area (Å²) in [6.07, 6.45) is 4.81. The lowest BCUT2D eigenvalue weighted by Crippen LogP contribution is -2.23. The van der Waals surface area contributed by atoms with Crippen LogP contribution >= 0.6 is 0 Å². The molecule has 0 bridgehead atoms. The van der Waals surface area contributed by atoms with Crippen LogP contribution in [0.3, 0.4) is 0 Å². The van der Waals surface area contributed by atoms with Gasteiger partial charge in [0, 0.05) is 25.9 Å². The number of aryl methyl sites for hydroxylation is 1. The van der Waals surface area contributed by atoms with E-state index in [1.165, 1.54) is 12.8 Å². The largest absolute Gasteiger partial charge is 0.467 e. The summed E-state index contributed by atoms with van der Waals surface area (Å²) in [6, 6.07) is 7.53. The molecular formula is C17H20N6O2. The third-order valence-electron chi connectivity index (χ3n) is 4.36. The number of nitrogens with one attached hydrogen (secondary N) is 1. The molecule has 0 aliphatic carbocycles. The third kappa shape index (κ3) is 3.47. The number of aromatic nitrogens is 4. The van der Waals surface area contributed by atoms with Gasteiger partial charge in [-0.1, -0.05) is 0 Å². The van der Waals surface area contributed by atoms with Crippen molar-refractivity contribution in [3.63, 3.8) is 0 Å². The van der Waals surface area contributed by atoms with Crippen molar-refractivity contribution in [1.29, 1.82) is 0 Å². The summed E-state index contributed by atoms with van der Waals surface area (Å²) in [5.74, 6) is 2.32. The highest BCUT2D eigenvalue weighted by atomic mass is 16.3. The van der Waals surface area contributed by atoms with Crippen molar-refractivity contribution in [1.82, 2.24) is 25.1 Å². The van der Waals surface area contributed by atoms with Crippen LogP contribution in [0.5, 0.6) is 0 Å². The van der Waals surface area contributed by atoms with Crippen LogP contribution in [-0.2, 0) is 17.8 Å². The first kappa shape index (κ1) is 15.6. The molecule has 8 heteroatoms. The molecule has 0 spiro atoms. The van der Waals surface area contributed by atoms with Gasteiger partial charge in [0.1, 0.15) is 11.6 Å². The number of furan rings is 1. The summed E-state index contributed by atoms with van der Waals surface area (Å²) in [6.45, 7) is 2.46. The average molecular weight is 340 g/mol. The maximum absolute atomic E-state index is 12.0. The Balaban J connectivity index is 1.40. The van der Waals surface area contributed by atoms with E-state index in [2.05, 4.69) is 25.5 Å². The first-order valence-electron chi connectivity index (χ1n) is 8.55. The lowest BCUT2D eigenvalue weighted by atomic mass is 10.3. The maximum Gasteiger partial charge on any atom is 0.220 e. The van der Waals surface area contributed by atoms with Crippen molar-refractivity contribution in [2.75, 3.05) is 18.0 Å². The van der Waals surface area contributed by atoms with E-state index in [9.17, 15) is 4.79 Å². The van der Waals surface area contributed by atoms with Crippen molar-refractivity contribution in [3.05, 3.63) is 42.1 Å². The first-order valence-corrected chi connectivity index (χ1v) is 8.55. The van der Waals surface area contributed by atoms with Crippen LogP contribution in [0.15, 0.2) is 34.9 Å². The quantitative estimate of drug-likeness (QED) is 0.733. The van der Waals surface area contributed by atoms with E-state index in [1.54, 1.807) is 16.8 Å². The third-order valence-corrected chi connectivity index (χ3v) is 4.36. The number of hydrogen-bond acceptors (Lipinski definition) is 6. The molecule has 8 nitrogen and oxygen atoms in total. The molecule has 3 aromatic rings. The molecule has 1 aliphatic rings. The maximum atomic E-state index is 12.0. The van der Waals surface area contributed by atoms with Crippen LogP contribution in [0.4, 0.5) is 5.82 Å². The molecule has 0 aromatic carbocycles. The van der Waals surface area contributed by atoms with Gasteiger partial charge in [-0.15, -0.1) is 15.3 Å². The monoisotopic (exact) mass is 340 g/mol. The molecule has 0 atom stereocenters. The normalized spacial score (nSPS) is 14.3. The SMILES string of the molecule is O=C(CCc1nnc2ccc(N3CCCC3)nn12)NCc1ccco1. The fourth-order valence-electron chi connectivity index (χ4n) is 3.01. The lowest BCUT2D eigenvalue weighted by Gasteiger charge is -2.15. The number of rotatable bonds is 6. The number of amides is 1. The van der Waals surface area contributed by atoms with Crippen LogP contribution in [0.1, 0.15) is 30.8 Å². The molecule has 1 saturated heterocycles. The molecule has 4 heterocycles. The second kappa shape index (κ2) is 6.92. The van der Waals surface area contributed by atoms with Gasteiger partial charge in [-0.25, -0.2) is 0 Å². The topological polar surface area (TPSA) is 88.6 Å². The molecular weight excluding hydrogens is 320 g/mol. The van der Waals surface area contributed by atoms with Crippen molar-refractivity contribution in [2.45, 2.75) is 32.2 Å². The highest BCUT2D eigenvalue weighted by Crippen LogP contribution is 2.18. The molecule has 25 heavy (non-hydrogen) atoms. The molecule has 3 aromatic heterocycles. The number of carbonyl (C=O) groups is 1. The molecule has 0 radical (unpaired) electrons. The molecule has 1 fully saturated rings. The zero-order valence-corrected chi connectivity index (χ0v) is 13.9. The predicted octanol–water partition coefficient (Wildman–Crippen LogP) is 1.57. The Hall–Kier alpha value is -2.90. The minimum atomic E-state index is -0.0520. The number of nitrogens with zero attached hydrogens (tertiary/aromatic N) is 5. The fraction of sp³-hybridized carbons (Fsp3) is 0.412. The standard InChI is InChI=1S/C17H20N6O2/c24-17(18-12-13-4-3-11-25-13)8-7-15-20-19-14-5-6-16(21-23(14)15)22-9-1-2-10-22/h3-6,11H,1-2,7-10,12H2,(H,18,24). The van der Waals surface area contributed by atoms with Crippen molar-refractivity contribution in [3.8, 4) is 0 Å². The van der Waals surface area contributed by atoms with Gasteiger partial charge in [-0.2, -0.15) is 4.52 Å². The summed E-state index contributed by atoms with van der Waals surface area (Å²) < 4.78 is 6.94.